The average Bonchev–Trinajstić information content (AvgIpc) is 1.61. The Morgan fingerprint density at radius 1 is 0.460 bits per heavy atom. The number of nitrogens with one attached hydrogen (secondary N) is 1. The Bertz CT molecular complexity index is 5840. The second-order valence-electron chi connectivity index (χ2n) is 26.2. The molecule has 0 fully saturated rings. The number of carbonyl (C=O) groups excluding carboxylic acids is 6. The van der Waals surface area contributed by atoms with Crippen LogP contribution in [0, 0.1) is 51.6 Å². The second kappa shape index (κ2) is 61.6. The van der Waals surface area contributed by atoms with Gasteiger partial charge < -0.3 is 68.2 Å². The minimum atomic E-state index is -4.84. The monoisotopic (exact) mass is 2220 g/mol. The van der Waals surface area contributed by atoms with Gasteiger partial charge in [-0.25, -0.2) is 10.9 Å². The minimum absolute atomic E-state index is 0. The number of aromatic nitrogens is 2. The fourth-order valence-corrected chi connectivity index (χ4v) is 11.1. The molecule has 2 heterocycles. The maximum Gasteiger partial charge on any atom is 0.573 e. The van der Waals surface area contributed by atoms with Gasteiger partial charge in [0.25, 0.3) is 29.6 Å². The number of aliphatic carboxylic acids is 4. The standard InChI is InChI=1S/C20H16F3NO5.C19H14F3NO5.C17H15F3N2O3.C15H13F3N2O3.C9H12N2O.C5H8O3.C2H4O2.CHClO.CH4.Ar.BBr3.ClH/c1-11-15(10-18(25)26)16-9-14(28-2)7-8-17(16)24(11)19(27)12-3-5-13(6-4-12)29-20(21,22)23;1-10-14(9-17(25)26)15-8-12(24)4-7-16(15)23(10)18(27)11-2-5-13(6-3-11)28-19(20,21)22;1-3-21-22(13-6-10-14(24-2)11-7-13)16(23)12-4-8-15(9-5-12)25-17(18,19)20;1-22-12-8-4-11(5-9-12)20(19)14(21)10-2-6-13(7-3-10)23-15(16,17)18;1-3-10-11-8-4-6-9(12-2)7-5-8;1-4(6)2-3-5(7)8;1-2(3)4;2-1-3;;;2-1(3)4;/h3-9H,10H2,1-2H3,(H,25,26);2-8,24H,9H2,1H3,(H,25,26);3-11H,1-2H3;2-9H,19H2,1H3;3-7,11H,1-2H3;2-3H2,1H3,(H,7,8);1H3,(H,3,4);1H;1H4;;;1H/b;;21-3+;;10-3+;;;;;;;. The number of carboxylic acid groups (broad SMARTS) is 4. The van der Waals surface area contributed by atoms with Gasteiger partial charge in [0.1, 0.15) is 57.5 Å². The van der Waals surface area contributed by atoms with Crippen LogP contribution < -0.4 is 59.2 Å². The van der Waals surface area contributed by atoms with Gasteiger partial charge in [0.2, 0.25) is 5.75 Å². The van der Waals surface area contributed by atoms with Crippen molar-refractivity contribution in [2.45, 2.75) is 100 Å². The first-order chi connectivity index (χ1) is 63.7. The molecule has 139 heavy (non-hydrogen) atoms. The van der Waals surface area contributed by atoms with E-state index in [1.54, 1.807) is 101 Å². The smallest absolute Gasteiger partial charge is 0.508 e. The van der Waals surface area contributed by atoms with Crippen LogP contribution in [0.4, 0.5) is 69.7 Å². The van der Waals surface area contributed by atoms with E-state index in [4.69, 9.17) is 49.7 Å². The molecule has 0 radical (unpaired) electrons. The van der Waals surface area contributed by atoms with Crippen LogP contribution >= 0.6 is 71.3 Å². The van der Waals surface area contributed by atoms with Crippen molar-refractivity contribution in [3.8, 4) is 51.7 Å². The molecule has 0 aliphatic rings. The number of anilines is 3. The number of carbonyl (C=O) groups is 10. The molecule has 0 atom stereocenters. The number of Topliss-reactive ketones (excluding diaryl/α,β-unsaturated/α-hetero) is 1. The number of rotatable bonds is 24. The van der Waals surface area contributed by atoms with Gasteiger partial charge in [-0.2, -0.15) is 15.2 Å². The maximum atomic E-state index is 13.1. The van der Waals surface area contributed by atoms with Crippen molar-refractivity contribution < 1.29 is 202 Å². The number of phenols is 1. The number of nitrogens with zero attached hydrogens (tertiary/aromatic N) is 6. The van der Waals surface area contributed by atoms with Crippen molar-refractivity contribution >= 4 is 185 Å². The third-order valence-corrected chi connectivity index (χ3v) is 16.7. The zero-order valence-electron chi connectivity index (χ0n) is 73.4. The number of aromatic hydroxyl groups is 1. The van der Waals surface area contributed by atoms with Crippen LogP contribution in [0.15, 0.2) is 216 Å². The summed E-state index contributed by atoms with van der Waals surface area (Å²) < 4.78 is 185. The number of phenolic OH excluding ortho intramolecular Hbond substituents is 1. The number of fused-ring (bicyclic) bond motifs is 2. The van der Waals surface area contributed by atoms with Crippen molar-refractivity contribution in [3.05, 3.63) is 251 Å². The number of nitrogens with two attached hydrogens (primary N) is 1. The van der Waals surface area contributed by atoms with Gasteiger partial charge in [-0.3, -0.25) is 57.7 Å². The Labute approximate surface area is 852 Å². The van der Waals surface area contributed by atoms with Crippen molar-refractivity contribution in [1.29, 1.82) is 0 Å². The summed E-state index contributed by atoms with van der Waals surface area (Å²) in [4.78, 5) is 111. The number of hydrogen-bond acceptors (Lipinski definition) is 23. The van der Waals surface area contributed by atoms with E-state index in [0.717, 1.165) is 76.9 Å². The zero-order chi connectivity index (χ0) is 103. The normalized spacial score (nSPS) is 10.4. The van der Waals surface area contributed by atoms with E-state index in [2.05, 4.69) is 93.4 Å². The molecule has 0 bridgehead atoms. The van der Waals surface area contributed by atoms with Gasteiger partial charge >= 0.3 is 46.5 Å². The minimum Gasteiger partial charge on any atom is -0.508 e. The molecule has 50 heteroatoms. The third-order valence-electron chi connectivity index (χ3n) is 16.7. The maximum absolute atomic E-state index is 13.1. The van der Waals surface area contributed by atoms with E-state index in [0.29, 0.717) is 72.9 Å². The number of methoxy groups -OCH3 is 4. The predicted molar refractivity (Wildman–Crippen MR) is 505 cm³/mol. The van der Waals surface area contributed by atoms with Crippen LogP contribution in [-0.2, 0) is 41.6 Å². The largest absolute Gasteiger partial charge is 0.573 e. The number of hydrazine groups is 1. The van der Waals surface area contributed by atoms with Crippen LogP contribution in [0.5, 0.6) is 51.7 Å². The van der Waals surface area contributed by atoms with E-state index in [1.165, 1.54) is 110 Å². The molecule has 2 aromatic heterocycles. The molecule has 2 amide bonds. The summed E-state index contributed by atoms with van der Waals surface area (Å²) in [5, 5.41) is 54.4. The predicted octanol–water partition coefficient (Wildman–Crippen LogP) is 21.7. The molecule has 0 spiro atoms. The molecule has 9 aromatic carbocycles. The van der Waals surface area contributed by atoms with Gasteiger partial charge in [0.05, 0.1) is 75.8 Å². The molecule has 8 N–H and O–H groups in total. The number of alkyl halides is 12. The summed E-state index contributed by atoms with van der Waals surface area (Å²) in [6.07, 6.45) is -16.7. The number of hydrogen-bond donors (Lipinski definition) is 7. The summed E-state index contributed by atoms with van der Waals surface area (Å²) in [6, 6.07) is 47.8. The van der Waals surface area contributed by atoms with Crippen molar-refractivity contribution in [1.82, 2.24) is 9.13 Å². The van der Waals surface area contributed by atoms with Gasteiger partial charge in [0.15, 0.2) is 0 Å². The average molecular weight is 2230 g/mol. The molecule has 752 valence electrons. The number of ether oxygens (including phenoxy) is 8. The molecule has 0 saturated carbocycles. The van der Waals surface area contributed by atoms with Gasteiger partial charge in [-0.15, -0.1) is 112 Å². The van der Waals surface area contributed by atoms with Crippen LogP contribution in [0.25, 0.3) is 21.8 Å². The number of amides is 2. The summed E-state index contributed by atoms with van der Waals surface area (Å²) in [5.41, 5.74) is 7.67. The van der Waals surface area contributed by atoms with Gasteiger partial charge in [0, 0.05) is 108 Å². The Balaban J connectivity index is 0.00000165. The third kappa shape index (κ3) is 46.1. The molecular formula is C89H88ArBBr3Cl2F12N8O23. The molecule has 31 nitrogen and oxygen atoms in total. The van der Waals surface area contributed by atoms with Gasteiger partial charge in [-0.05, 0) is 264 Å². The number of halogens is 17. The first-order valence-electron chi connectivity index (χ1n) is 38.1. The Morgan fingerprint density at radius 3 is 1.05 bits per heavy atom. The molecule has 0 aliphatic heterocycles. The summed E-state index contributed by atoms with van der Waals surface area (Å²) in [6.45, 7) is 9.14. The topological polar surface area (TPSA) is 425 Å². The molecule has 11 rings (SSSR count). The van der Waals surface area contributed by atoms with Crippen LogP contribution in [0.3, 0.4) is 0 Å². The summed E-state index contributed by atoms with van der Waals surface area (Å²) >= 11 is 13.6. The van der Waals surface area contributed by atoms with E-state index >= 15 is 0 Å². The number of ketones is 1. The second-order valence-corrected chi connectivity index (χ2v) is 32.8. The van der Waals surface area contributed by atoms with Gasteiger partial charge in [-0.1, -0.05) is 7.43 Å². The number of hydrazone groups is 2. The van der Waals surface area contributed by atoms with Crippen molar-refractivity contribution in [2.24, 2.45) is 16.0 Å². The Kier molecular flexibility index (Phi) is 56.0. The van der Waals surface area contributed by atoms with Crippen LogP contribution in [0.2, 0.25) is 0 Å². The van der Waals surface area contributed by atoms with Crippen molar-refractivity contribution in [3.63, 3.8) is 0 Å². The van der Waals surface area contributed by atoms with Crippen molar-refractivity contribution in [2.75, 3.05) is 43.9 Å². The number of benzene rings is 9. The van der Waals surface area contributed by atoms with E-state index in [1.807, 2.05) is 31.2 Å². The van der Waals surface area contributed by atoms with Crippen LogP contribution in [-0.4, -0.2) is 163 Å². The molecule has 0 saturated heterocycles. The molecular weight excluding hydrogens is 2140 g/mol. The van der Waals surface area contributed by atoms with E-state index in [9.17, 15) is 101 Å². The summed E-state index contributed by atoms with van der Waals surface area (Å²) in [7, 11) is 6.14. The quantitative estimate of drug-likeness (QED) is 0.00432. The first-order valence-corrected chi connectivity index (χ1v) is 41.3. The SMILES string of the molecule is BrB(Br)Br.C.C/C=N/N(C(=O)c1ccc(OC(F)(F)F)cc1)c1ccc(OC)cc1.C/C=N/Nc1ccc(OC)cc1.CC(=O)CCC(=O)O.CC(=O)O.COc1ccc(N(N)C(=O)c2ccc(OC(F)(F)F)cc2)cc1.COc1ccc2c(c1)c(CC(=O)O)c(C)n2C(=O)c1ccc(OC(F)(F)F)cc1.Cc1c(CC(=O)O)c2cc(O)ccc2n1C(=O)c1ccc(OC(F)(F)F)cc1.Cl.O=CCl.[Ar]. The molecule has 0 aliphatic carbocycles. The Hall–Kier alpha value is -12.6. The fourth-order valence-electron chi connectivity index (χ4n) is 11.1. The van der Waals surface area contributed by atoms with Crippen LogP contribution in [0.1, 0.15) is 112 Å². The van der Waals surface area contributed by atoms with E-state index < -0.39 is 96.0 Å². The first kappa shape index (κ1) is 126. The van der Waals surface area contributed by atoms with E-state index in [-0.39, 0.29) is 126 Å². The summed E-state index contributed by atoms with van der Waals surface area (Å²) in [5.74, 6) is 0.587. The Morgan fingerprint density at radius 2 is 0.755 bits per heavy atom. The molecule has 0 unspecified atom stereocenters. The fraction of sp³-hybridized carbons (Fsp3) is 0.213. The molecule has 11 aromatic rings. The number of carboxylic acids is 4. The zero-order valence-corrected chi connectivity index (χ0v) is 80.5.